The van der Waals surface area contributed by atoms with Crippen molar-refractivity contribution < 1.29 is 22.7 Å². The molecule has 0 aliphatic heterocycles. The van der Waals surface area contributed by atoms with Gasteiger partial charge in [-0.3, -0.25) is 4.79 Å². The number of carbonyl (C=O) groups excluding carboxylic acids is 1. The highest BCUT2D eigenvalue weighted by molar-refractivity contribution is 7.89. The number of benzene rings is 2. The summed E-state index contributed by atoms with van der Waals surface area (Å²) in [5.74, 6) is 0.415. The van der Waals surface area contributed by atoms with E-state index in [9.17, 15) is 13.2 Å². The van der Waals surface area contributed by atoms with E-state index >= 15 is 0 Å². The van der Waals surface area contributed by atoms with E-state index in [1.807, 2.05) is 24.3 Å². The third-order valence-electron chi connectivity index (χ3n) is 3.78. The standard InChI is InChI=1S/C21H28N2O5S/c1-21(2,3)23-29(25,26)19-10-8-17(9-11-19)20(24)22-15-16-6-5-7-18(14-16)28-13-12-27-4/h5-11,14,23H,12-13,15H2,1-4H3,(H,22,24). The van der Waals surface area contributed by atoms with Crippen molar-refractivity contribution in [1.82, 2.24) is 10.0 Å². The molecule has 0 atom stereocenters. The van der Waals surface area contributed by atoms with Crippen molar-refractivity contribution in [2.45, 2.75) is 37.8 Å². The van der Waals surface area contributed by atoms with Crippen LogP contribution in [0.25, 0.3) is 0 Å². The minimum atomic E-state index is -3.63. The predicted octanol–water partition coefficient (Wildman–Crippen LogP) is 2.72. The van der Waals surface area contributed by atoms with Gasteiger partial charge in [0.2, 0.25) is 10.0 Å². The Kier molecular flexibility index (Phi) is 7.78. The fraction of sp³-hybridized carbons (Fsp3) is 0.381. The first-order valence-electron chi connectivity index (χ1n) is 9.24. The van der Waals surface area contributed by atoms with Crippen molar-refractivity contribution >= 4 is 15.9 Å². The maximum absolute atomic E-state index is 12.4. The van der Waals surface area contributed by atoms with Crippen LogP contribution in [0.1, 0.15) is 36.7 Å². The Balaban J connectivity index is 1.97. The summed E-state index contributed by atoms with van der Waals surface area (Å²) in [4.78, 5) is 12.5. The molecule has 7 nitrogen and oxygen atoms in total. The molecule has 0 aromatic heterocycles. The number of hydrogen-bond donors (Lipinski definition) is 2. The Morgan fingerprint density at radius 3 is 2.34 bits per heavy atom. The lowest BCUT2D eigenvalue weighted by Gasteiger charge is -2.20. The molecule has 0 radical (unpaired) electrons. The molecule has 8 heteroatoms. The number of rotatable bonds is 9. The Morgan fingerprint density at radius 2 is 1.72 bits per heavy atom. The lowest BCUT2D eigenvalue weighted by molar-refractivity contribution is 0.0950. The maximum atomic E-state index is 12.4. The molecule has 0 aliphatic carbocycles. The van der Waals surface area contributed by atoms with Crippen LogP contribution in [0.4, 0.5) is 0 Å². The molecule has 0 unspecified atom stereocenters. The molecule has 29 heavy (non-hydrogen) atoms. The highest BCUT2D eigenvalue weighted by atomic mass is 32.2. The van der Waals surface area contributed by atoms with Gasteiger partial charge in [0.15, 0.2) is 0 Å². The average Bonchev–Trinajstić information content (AvgIpc) is 2.65. The zero-order chi connectivity index (χ0) is 21.5. The van der Waals surface area contributed by atoms with Gasteiger partial charge in [-0.2, -0.15) is 0 Å². The summed E-state index contributed by atoms with van der Waals surface area (Å²) in [6, 6.07) is 13.3. The Bertz CT molecular complexity index is 919. The molecule has 0 saturated carbocycles. The highest BCUT2D eigenvalue weighted by Gasteiger charge is 2.22. The van der Waals surface area contributed by atoms with E-state index in [-0.39, 0.29) is 10.8 Å². The number of nitrogens with one attached hydrogen (secondary N) is 2. The molecule has 2 aromatic carbocycles. The van der Waals surface area contributed by atoms with Gasteiger partial charge in [0.05, 0.1) is 11.5 Å². The predicted molar refractivity (Wildman–Crippen MR) is 111 cm³/mol. The van der Waals surface area contributed by atoms with Gasteiger partial charge in [-0.1, -0.05) is 12.1 Å². The van der Waals surface area contributed by atoms with Crippen LogP contribution in [-0.4, -0.2) is 40.2 Å². The largest absolute Gasteiger partial charge is 0.491 e. The molecular weight excluding hydrogens is 392 g/mol. The SMILES string of the molecule is COCCOc1cccc(CNC(=O)c2ccc(S(=O)(=O)NC(C)(C)C)cc2)c1. The summed E-state index contributed by atoms with van der Waals surface area (Å²) >= 11 is 0. The van der Waals surface area contributed by atoms with Crippen LogP contribution < -0.4 is 14.8 Å². The number of methoxy groups -OCH3 is 1. The highest BCUT2D eigenvalue weighted by Crippen LogP contribution is 2.15. The molecule has 0 bridgehead atoms. The van der Waals surface area contributed by atoms with Crippen molar-refractivity contribution in [1.29, 1.82) is 0 Å². The maximum Gasteiger partial charge on any atom is 0.251 e. The molecule has 0 fully saturated rings. The first-order valence-corrected chi connectivity index (χ1v) is 10.7. The van der Waals surface area contributed by atoms with E-state index < -0.39 is 15.6 Å². The zero-order valence-corrected chi connectivity index (χ0v) is 18.0. The summed E-state index contributed by atoms with van der Waals surface area (Å²) in [5.41, 5.74) is 0.686. The third kappa shape index (κ3) is 7.49. The second-order valence-corrected chi connectivity index (χ2v) is 9.23. The van der Waals surface area contributed by atoms with Gasteiger partial charge >= 0.3 is 0 Å². The molecule has 2 aromatic rings. The molecule has 0 spiro atoms. The van der Waals surface area contributed by atoms with E-state index in [0.717, 1.165) is 5.56 Å². The van der Waals surface area contributed by atoms with Crippen LogP contribution in [0.2, 0.25) is 0 Å². The summed E-state index contributed by atoms with van der Waals surface area (Å²) in [7, 11) is -2.03. The van der Waals surface area contributed by atoms with Crippen LogP contribution in [0, 0.1) is 0 Å². The van der Waals surface area contributed by atoms with Gasteiger partial charge in [-0.25, -0.2) is 13.1 Å². The average molecular weight is 421 g/mol. The minimum Gasteiger partial charge on any atom is -0.491 e. The van der Waals surface area contributed by atoms with E-state index in [0.29, 0.717) is 31.1 Å². The third-order valence-corrected chi connectivity index (χ3v) is 5.55. The Morgan fingerprint density at radius 1 is 1.03 bits per heavy atom. The van der Waals surface area contributed by atoms with Crippen LogP contribution in [-0.2, 0) is 21.3 Å². The molecule has 2 rings (SSSR count). The van der Waals surface area contributed by atoms with Crippen molar-refractivity contribution in [3.63, 3.8) is 0 Å². The second kappa shape index (κ2) is 9.87. The smallest absolute Gasteiger partial charge is 0.251 e. The summed E-state index contributed by atoms with van der Waals surface area (Å²) < 4.78 is 37.8. The second-order valence-electron chi connectivity index (χ2n) is 7.55. The zero-order valence-electron chi connectivity index (χ0n) is 17.2. The van der Waals surface area contributed by atoms with Gasteiger partial charge in [-0.05, 0) is 62.7 Å². The molecule has 0 aliphatic rings. The lowest BCUT2D eigenvalue weighted by atomic mass is 10.1. The fourth-order valence-electron chi connectivity index (χ4n) is 2.52. The van der Waals surface area contributed by atoms with Crippen LogP contribution >= 0.6 is 0 Å². The monoisotopic (exact) mass is 420 g/mol. The van der Waals surface area contributed by atoms with Crippen molar-refractivity contribution in [3.05, 3.63) is 59.7 Å². The van der Waals surface area contributed by atoms with Gasteiger partial charge < -0.3 is 14.8 Å². The van der Waals surface area contributed by atoms with Crippen LogP contribution in [0.15, 0.2) is 53.4 Å². The summed E-state index contributed by atoms with van der Waals surface area (Å²) in [6.45, 7) is 6.58. The Labute approximate surface area is 172 Å². The van der Waals surface area contributed by atoms with Crippen LogP contribution in [0.5, 0.6) is 5.75 Å². The van der Waals surface area contributed by atoms with Gasteiger partial charge in [0.1, 0.15) is 12.4 Å². The van der Waals surface area contributed by atoms with E-state index in [1.165, 1.54) is 24.3 Å². The molecule has 0 heterocycles. The van der Waals surface area contributed by atoms with Crippen molar-refractivity contribution in [3.8, 4) is 5.75 Å². The minimum absolute atomic E-state index is 0.116. The van der Waals surface area contributed by atoms with Crippen molar-refractivity contribution in [2.24, 2.45) is 0 Å². The number of sulfonamides is 1. The van der Waals surface area contributed by atoms with Gasteiger partial charge in [0, 0.05) is 24.8 Å². The quantitative estimate of drug-likeness (QED) is 0.609. The van der Waals surface area contributed by atoms with Crippen molar-refractivity contribution in [2.75, 3.05) is 20.3 Å². The molecule has 1 amide bonds. The number of ether oxygens (including phenoxy) is 2. The Hall–Kier alpha value is -2.42. The van der Waals surface area contributed by atoms with Crippen LogP contribution in [0.3, 0.4) is 0 Å². The first kappa shape index (κ1) is 22.9. The topological polar surface area (TPSA) is 93.7 Å². The number of carbonyl (C=O) groups is 1. The molecule has 0 saturated heterocycles. The summed E-state index contributed by atoms with van der Waals surface area (Å²) in [5, 5.41) is 2.82. The first-order chi connectivity index (χ1) is 13.6. The van der Waals surface area contributed by atoms with Gasteiger partial charge in [0.25, 0.3) is 5.91 Å². The number of amides is 1. The molecule has 158 valence electrons. The number of hydrogen-bond acceptors (Lipinski definition) is 5. The van der Waals surface area contributed by atoms with Gasteiger partial charge in [-0.15, -0.1) is 0 Å². The summed E-state index contributed by atoms with van der Waals surface area (Å²) in [6.07, 6.45) is 0. The van der Waals surface area contributed by atoms with E-state index in [1.54, 1.807) is 27.9 Å². The van der Waals surface area contributed by atoms with E-state index in [4.69, 9.17) is 9.47 Å². The lowest BCUT2D eigenvalue weighted by Crippen LogP contribution is -2.40. The van der Waals surface area contributed by atoms with E-state index in [2.05, 4.69) is 10.0 Å². The molecular formula is C21H28N2O5S. The fourth-order valence-corrected chi connectivity index (χ4v) is 3.94. The normalized spacial score (nSPS) is 11.9. The molecule has 2 N–H and O–H groups in total.